The van der Waals surface area contributed by atoms with Crippen LogP contribution in [0.5, 0.6) is 5.75 Å². The third-order valence-electron chi connectivity index (χ3n) is 5.53. The van der Waals surface area contributed by atoms with Gasteiger partial charge in [-0.2, -0.15) is 0 Å². The van der Waals surface area contributed by atoms with E-state index in [0.717, 1.165) is 18.5 Å². The van der Waals surface area contributed by atoms with Crippen LogP contribution in [-0.2, 0) is 0 Å². The van der Waals surface area contributed by atoms with Crippen LogP contribution in [-0.4, -0.2) is 40.2 Å². The topological polar surface area (TPSA) is 67.3 Å². The first-order valence-electron chi connectivity index (χ1n) is 10.4. The van der Waals surface area contributed by atoms with Crippen molar-refractivity contribution in [3.8, 4) is 5.75 Å². The van der Waals surface area contributed by atoms with E-state index in [0.29, 0.717) is 47.0 Å². The molecular formula is C23H23F3N4O2. The van der Waals surface area contributed by atoms with E-state index in [1.54, 1.807) is 0 Å². The molecule has 1 aromatic carbocycles. The predicted octanol–water partition coefficient (Wildman–Crippen LogP) is 5.45. The van der Waals surface area contributed by atoms with Gasteiger partial charge in [-0.1, -0.05) is 6.92 Å². The summed E-state index contributed by atoms with van der Waals surface area (Å²) in [6.07, 6.45) is -1.36. The summed E-state index contributed by atoms with van der Waals surface area (Å²) in [6.45, 7) is 5.37. The first-order chi connectivity index (χ1) is 15.2. The Labute approximate surface area is 183 Å². The lowest BCUT2D eigenvalue weighted by Crippen LogP contribution is -2.38. The third-order valence-corrected chi connectivity index (χ3v) is 5.53. The number of aryl methyl sites for hydroxylation is 1. The largest absolute Gasteiger partial charge is 0.573 e. The van der Waals surface area contributed by atoms with Gasteiger partial charge in [0.2, 0.25) is 0 Å². The highest BCUT2D eigenvalue weighted by Crippen LogP contribution is 2.32. The van der Waals surface area contributed by atoms with Gasteiger partial charge in [0, 0.05) is 36.1 Å². The lowest BCUT2D eigenvalue weighted by atomic mass is 9.98. The number of benzene rings is 1. The van der Waals surface area contributed by atoms with E-state index < -0.39 is 6.36 Å². The molecule has 6 nitrogen and oxygen atoms in total. The molecule has 1 aliphatic heterocycles. The van der Waals surface area contributed by atoms with Gasteiger partial charge >= 0.3 is 6.36 Å². The van der Waals surface area contributed by atoms with Crippen molar-refractivity contribution >= 4 is 28.3 Å². The number of fused-ring (bicyclic) bond motifs is 1. The monoisotopic (exact) mass is 444 g/mol. The molecule has 0 radical (unpaired) electrons. The molecule has 0 aliphatic carbocycles. The molecule has 1 amide bonds. The Morgan fingerprint density at radius 1 is 1.12 bits per heavy atom. The van der Waals surface area contributed by atoms with Gasteiger partial charge in [0.25, 0.3) is 5.91 Å². The zero-order chi connectivity index (χ0) is 22.9. The van der Waals surface area contributed by atoms with Crippen LogP contribution in [0.1, 0.15) is 35.8 Å². The quantitative estimate of drug-likeness (QED) is 0.579. The average molecular weight is 444 g/mol. The van der Waals surface area contributed by atoms with E-state index in [1.807, 2.05) is 24.0 Å². The van der Waals surface area contributed by atoms with Crippen molar-refractivity contribution in [1.29, 1.82) is 0 Å². The van der Waals surface area contributed by atoms with Gasteiger partial charge < -0.3 is 15.0 Å². The second kappa shape index (κ2) is 8.64. The molecule has 0 unspecified atom stereocenters. The molecule has 32 heavy (non-hydrogen) atoms. The maximum Gasteiger partial charge on any atom is 0.573 e. The zero-order valence-corrected chi connectivity index (χ0v) is 17.7. The summed E-state index contributed by atoms with van der Waals surface area (Å²) < 4.78 is 41.3. The first kappa shape index (κ1) is 21.9. The van der Waals surface area contributed by atoms with Gasteiger partial charge in [0.15, 0.2) is 5.65 Å². The summed E-state index contributed by atoms with van der Waals surface area (Å²) >= 11 is 0. The van der Waals surface area contributed by atoms with E-state index in [9.17, 15) is 18.0 Å². The van der Waals surface area contributed by atoms with Crippen molar-refractivity contribution in [3.05, 3.63) is 53.9 Å². The fraction of sp³-hybridized carbons (Fsp3) is 0.348. The highest BCUT2D eigenvalue weighted by molar-refractivity contribution is 6.07. The Morgan fingerprint density at radius 2 is 1.81 bits per heavy atom. The maximum atomic E-state index is 13.3. The predicted molar refractivity (Wildman–Crippen MR) is 115 cm³/mol. The van der Waals surface area contributed by atoms with Gasteiger partial charge in [-0.05, 0) is 62.1 Å². The molecule has 3 aromatic rings. The van der Waals surface area contributed by atoms with Gasteiger partial charge in [-0.15, -0.1) is 13.2 Å². The number of carbonyl (C=O) groups excluding carboxylic acids is 1. The molecule has 0 spiro atoms. The minimum absolute atomic E-state index is 0.133. The maximum absolute atomic E-state index is 13.3. The molecule has 1 aliphatic rings. The van der Waals surface area contributed by atoms with E-state index in [-0.39, 0.29) is 11.7 Å². The van der Waals surface area contributed by atoms with Gasteiger partial charge in [0.05, 0.1) is 11.3 Å². The van der Waals surface area contributed by atoms with Crippen molar-refractivity contribution in [2.75, 3.05) is 18.4 Å². The number of ether oxygens (including phenoxy) is 1. The molecular weight excluding hydrogens is 421 g/mol. The number of carbonyl (C=O) groups is 1. The van der Waals surface area contributed by atoms with Crippen molar-refractivity contribution in [1.82, 2.24) is 14.9 Å². The van der Waals surface area contributed by atoms with Crippen LogP contribution >= 0.6 is 0 Å². The summed E-state index contributed by atoms with van der Waals surface area (Å²) in [4.78, 5) is 24.0. The number of hydrogen-bond acceptors (Lipinski definition) is 5. The van der Waals surface area contributed by atoms with E-state index in [2.05, 4.69) is 26.9 Å². The summed E-state index contributed by atoms with van der Waals surface area (Å²) in [5.74, 6) is 0.126. The number of anilines is 2. The number of nitrogens with one attached hydrogen (secondary N) is 1. The molecule has 0 atom stereocenters. The lowest BCUT2D eigenvalue weighted by molar-refractivity contribution is -0.274. The standard InChI is InChI=1S/C23H23F3N4O2/c1-14-9-11-30(12-10-14)22(31)19-13-27-21-18(8-3-15(2)28-21)20(19)29-16-4-6-17(7-5-16)32-23(24,25)26/h3-8,13-14H,9-12H2,1-2H3,(H,27,28,29). The molecule has 1 fully saturated rings. The van der Waals surface area contributed by atoms with Crippen LogP contribution in [0.3, 0.4) is 0 Å². The van der Waals surface area contributed by atoms with Crippen LogP contribution in [0.15, 0.2) is 42.6 Å². The van der Waals surface area contributed by atoms with Crippen LogP contribution in [0, 0.1) is 12.8 Å². The fourth-order valence-electron chi connectivity index (χ4n) is 3.74. The molecule has 0 saturated carbocycles. The second-order valence-corrected chi connectivity index (χ2v) is 8.04. The summed E-state index contributed by atoms with van der Waals surface area (Å²) in [5.41, 5.74) is 2.69. The van der Waals surface area contributed by atoms with Gasteiger partial charge in [-0.3, -0.25) is 4.79 Å². The zero-order valence-electron chi connectivity index (χ0n) is 17.7. The number of likely N-dealkylation sites (tertiary alicyclic amines) is 1. The second-order valence-electron chi connectivity index (χ2n) is 8.04. The van der Waals surface area contributed by atoms with Crippen LogP contribution in [0.2, 0.25) is 0 Å². The number of aromatic nitrogens is 2. The number of alkyl halides is 3. The van der Waals surface area contributed by atoms with Crippen LogP contribution < -0.4 is 10.1 Å². The average Bonchev–Trinajstić information content (AvgIpc) is 2.74. The van der Waals surface area contributed by atoms with Crippen LogP contribution in [0.4, 0.5) is 24.5 Å². The number of amides is 1. The first-order valence-corrected chi connectivity index (χ1v) is 10.4. The molecule has 168 valence electrons. The molecule has 2 aromatic heterocycles. The minimum atomic E-state index is -4.76. The molecule has 9 heteroatoms. The van der Waals surface area contributed by atoms with E-state index in [1.165, 1.54) is 30.5 Å². The molecule has 3 heterocycles. The number of hydrogen-bond donors (Lipinski definition) is 1. The normalized spacial score (nSPS) is 15.1. The number of halogens is 3. The summed E-state index contributed by atoms with van der Waals surface area (Å²) in [5, 5.41) is 3.84. The Balaban J connectivity index is 1.69. The van der Waals surface area contributed by atoms with E-state index >= 15 is 0 Å². The Kier molecular flexibility index (Phi) is 5.90. The molecule has 1 saturated heterocycles. The number of pyridine rings is 2. The van der Waals surface area contributed by atoms with Gasteiger partial charge in [0.1, 0.15) is 5.75 Å². The van der Waals surface area contributed by atoms with Crippen molar-refractivity contribution in [3.63, 3.8) is 0 Å². The highest BCUT2D eigenvalue weighted by atomic mass is 19.4. The van der Waals surface area contributed by atoms with Crippen LogP contribution in [0.25, 0.3) is 11.0 Å². The van der Waals surface area contributed by atoms with Gasteiger partial charge in [-0.25, -0.2) is 9.97 Å². The van der Waals surface area contributed by atoms with Crippen molar-refractivity contribution < 1.29 is 22.7 Å². The SMILES string of the molecule is Cc1ccc2c(Nc3ccc(OC(F)(F)F)cc3)c(C(=O)N3CCC(C)CC3)cnc2n1. The molecule has 1 N–H and O–H groups in total. The Morgan fingerprint density at radius 3 is 2.47 bits per heavy atom. The number of nitrogens with zero attached hydrogens (tertiary/aromatic N) is 3. The third kappa shape index (κ3) is 4.92. The number of piperidine rings is 1. The Bertz CT molecular complexity index is 1120. The number of rotatable bonds is 4. The highest BCUT2D eigenvalue weighted by Gasteiger charge is 2.31. The lowest BCUT2D eigenvalue weighted by Gasteiger charge is -2.31. The van der Waals surface area contributed by atoms with E-state index in [4.69, 9.17) is 0 Å². The Hall–Kier alpha value is -3.36. The van der Waals surface area contributed by atoms with Crippen molar-refractivity contribution in [2.45, 2.75) is 33.1 Å². The molecule has 0 bridgehead atoms. The smallest absolute Gasteiger partial charge is 0.406 e. The fourth-order valence-corrected chi connectivity index (χ4v) is 3.74. The summed E-state index contributed by atoms with van der Waals surface area (Å²) in [7, 11) is 0. The minimum Gasteiger partial charge on any atom is -0.406 e. The van der Waals surface area contributed by atoms with Crippen molar-refractivity contribution in [2.24, 2.45) is 5.92 Å². The molecule has 4 rings (SSSR count). The summed E-state index contributed by atoms with van der Waals surface area (Å²) in [6, 6.07) is 9.03.